The third-order valence-electron chi connectivity index (χ3n) is 2.53. The number of hydrogen-bond acceptors (Lipinski definition) is 4. The average Bonchev–Trinajstić information content (AvgIpc) is 2.26. The molecule has 0 heterocycles. The number of amides is 1. The van der Waals surface area contributed by atoms with E-state index in [4.69, 9.17) is 5.73 Å². The summed E-state index contributed by atoms with van der Waals surface area (Å²) >= 11 is 0. The summed E-state index contributed by atoms with van der Waals surface area (Å²) in [6.45, 7) is 1.28. The summed E-state index contributed by atoms with van der Waals surface area (Å²) < 4.78 is 37.2. The van der Waals surface area contributed by atoms with Crippen LogP contribution in [0.5, 0.6) is 0 Å². The van der Waals surface area contributed by atoms with E-state index in [0.29, 0.717) is 0 Å². The highest BCUT2D eigenvalue weighted by atomic mass is 32.2. The number of rotatable bonds is 3. The SMILES string of the molecule is CC(C(=O)N(C)C)S(=O)(=O)c1ccc(F)cc1N. The predicted molar refractivity (Wildman–Crippen MR) is 66.2 cm³/mol. The van der Waals surface area contributed by atoms with Crippen LogP contribution in [0.3, 0.4) is 0 Å². The van der Waals surface area contributed by atoms with Crippen LogP contribution >= 0.6 is 0 Å². The van der Waals surface area contributed by atoms with Crippen molar-refractivity contribution in [3.05, 3.63) is 24.0 Å². The first-order valence-electron chi connectivity index (χ1n) is 5.18. The first kappa shape index (κ1) is 14.4. The summed E-state index contributed by atoms with van der Waals surface area (Å²) in [5.74, 6) is -1.18. The Bertz CT molecular complexity index is 570. The Morgan fingerprint density at radius 1 is 1.39 bits per heavy atom. The van der Waals surface area contributed by atoms with Crippen LogP contribution in [-0.4, -0.2) is 38.6 Å². The lowest BCUT2D eigenvalue weighted by molar-refractivity contribution is -0.127. The summed E-state index contributed by atoms with van der Waals surface area (Å²) in [4.78, 5) is 12.6. The van der Waals surface area contributed by atoms with Gasteiger partial charge in [0.2, 0.25) is 5.91 Å². The maximum Gasteiger partial charge on any atom is 0.240 e. The molecule has 1 unspecified atom stereocenters. The number of carbonyl (C=O) groups excluding carboxylic acids is 1. The van der Waals surface area contributed by atoms with Crippen LogP contribution < -0.4 is 5.73 Å². The van der Waals surface area contributed by atoms with Crippen LogP contribution in [0.15, 0.2) is 23.1 Å². The molecule has 1 aromatic carbocycles. The molecule has 2 N–H and O–H groups in total. The van der Waals surface area contributed by atoms with E-state index in [1.54, 1.807) is 0 Å². The fraction of sp³-hybridized carbons (Fsp3) is 0.364. The van der Waals surface area contributed by atoms with Gasteiger partial charge in [-0.25, -0.2) is 12.8 Å². The van der Waals surface area contributed by atoms with E-state index in [1.807, 2.05) is 0 Å². The van der Waals surface area contributed by atoms with E-state index >= 15 is 0 Å². The largest absolute Gasteiger partial charge is 0.398 e. The molecule has 5 nitrogen and oxygen atoms in total. The van der Waals surface area contributed by atoms with Gasteiger partial charge < -0.3 is 10.6 Å². The van der Waals surface area contributed by atoms with Crippen molar-refractivity contribution in [3.8, 4) is 0 Å². The molecule has 0 radical (unpaired) electrons. The van der Waals surface area contributed by atoms with Crippen molar-refractivity contribution in [2.75, 3.05) is 19.8 Å². The second-order valence-electron chi connectivity index (χ2n) is 4.10. The van der Waals surface area contributed by atoms with Gasteiger partial charge in [0.1, 0.15) is 11.1 Å². The molecule has 0 spiro atoms. The highest BCUT2D eigenvalue weighted by Crippen LogP contribution is 2.24. The van der Waals surface area contributed by atoms with E-state index in [9.17, 15) is 17.6 Å². The standard InChI is InChI=1S/C11H15FN2O3S/c1-7(11(15)14(2)3)18(16,17)10-5-4-8(12)6-9(10)13/h4-7H,13H2,1-3H3. The lowest BCUT2D eigenvalue weighted by atomic mass is 10.3. The van der Waals surface area contributed by atoms with Crippen LogP contribution in [0.2, 0.25) is 0 Å². The first-order chi connectivity index (χ1) is 8.17. The van der Waals surface area contributed by atoms with E-state index < -0.39 is 26.8 Å². The first-order valence-corrected chi connectivity index (χ1v) is 6.72. The third kappa shape index (κ3) is 2.61. The number of carbonyl (C=O) groups is 1. The van der Waals surface area contributed by atoms with Crippen LogP contribution in [0.4, 0.5) is 10.1 Å². The minimum atomic E-state index is -3.91. The summed E-state index contributed by atoms with van der Waals surface area (Å²) in [5, 5.41) is -1.26. The van der Waals surface area contributed by atoms with E-state index in [2.05, 4.69) is 0 Å². The smallest absolute Gasteiger partial charge is 0.240 e. The van der Waals surface area contributed by atoms with Gasteiger partial charge in [-0.2, -0.15) is 0 Å². The number of nitrogen functional groups attached to an aromatic ring is 1. The Labute approximate surface area is 105 Å². The number of nitrogens with two attached hydrogens (primary N) is 1. The molecule has 0 aliphatic rings. The molecule has 0 aliphatic heterocycles. The molecule has 100 valence electrons. The minimum Gasteiger partial charge on any atom is -0.398 e. The van der Waals surface area contributed by atoms with Crippen LogP contribution in [0.1, 0.15) is 6.92 Å². The average molecular weight is 274 g/mol. The van der Waals surface area contributed by atoms with Crippen LogP contribution in [0, 0.1) is 5.82 Å². The molecule has 7 heteroatoms. The summed E-state index contributed by atoms with van der Waals surface area (Å²) in [5.41, 5.74) is 5.28. The zero-order valence-electron chi connectivity index (χ0n) is 10.3. The van der Waals surface area contributed by atoms with Gasteiger partial charge in [0.25, 0.3) is 0 Å². The summed E-state index contributed by atoms with van der Waals surface area (Å²) in [7, 11) is -0.992. The van der Waals surface area contributed by atoms with Crippen molar-refractivity contribution in [3.63, 3.8) is 0 Å². The third-order valence-corrected chi connectivity index (χ3v) is 4.65. The van der Waals surface area contributed by atoms with Gasteiger partial charge in [-0.05, 0) is 25.1 Å². The maximum absolute atomic E-state index is 12.9. The van der Waals surface area contributed by atoms with Gasteiger partial charge >= 0.3 is 0 Å². The molecule has 1 aromatic rings. The van der Waals surface area contributed by atoms with Gasteiger partial charge in [-0.1, -0.05) is 0 Å². The minimum absolute atomic E-state index is 0.201. The molecule has 18 heavy (non-hydrogen) atoms. The molecular formula is C11H15FN2O3S. The highest BCUT2D eigenvalue weighted by molar-refractivity contribution is 7.93. The van der Waals surface area contributed by atoms with Crippen LogP contribution in [0.25, 0.3) is 0 Å². The predicted octanol–water partition coefficient (Wildman–Crippen LogP) is 0.658. The van der Waals surface area contributed by atoms with Crippen molar-refractivity contribution in [1.29, 1.82) is 0 Å². The van der Waals surface area contributed by atoms with Gasteiger partial charge in [0.05, 0.1) is 10.6 Å². The summed E-state index contributed by atoms with van der Waals surface area (Å²) in [6.07, 6.45) is 0. The number of sulfone groups is 1. The van der Waals surface area contributed by atoms with E-state index in [-0.39, 0.29) is 10.6 Å². The Morgan fingerprint density at radius 3 is 2.39 bits per heavy atom. The van der Waals surface area contributed by atoms with Crippen molar-refractivity contribution < 1.29 is 17.6 Å². The number of benzene rings is 1. The maximum atomic E-state index is 12.9. The molecule has 1 rings (SSSR count). The molecular weight excluding hydrogens is 259 g/mol. The van der Waals surface area contributed by atoms with Crippen molar-refractivity contribution in [2.45, 2.75) is 17.1 Å². The lowest BCUT2D eigenvalue weighted by Gasteiger charge is -2.18. The topological polar surface area (TPSA) is 80.5 Å². The van der Waals surface area contributed by atoms with Crippen molar-refractivity contribution >= 4 is 21.4 Å². The second-order valence-corrected chi connectivity index (χ2v) is 6.34. The Morgan fingerprint density at radius 2 is 1.94 bits per heavy atom. The summed E-state index contributed by atoms with van der Waals surface area (Å²) in [6, 6.07) is 2.98. The molecule has 0 saturated carbocycles. The molecule has 0 saturated heterocycles. The Hall–Kier alpha value is -1.63. The molecule has 0 fully saturated rings. The highest BCUT2D eigenvalue weighted by Gasteiger charge is 2.32. The fourth-order valence-electron chi connectivity index (χ4n) is 1.47. The van der Waals surface area contributed by atoms with Gasteiger partial charge in [-0.3, -0.25) is 4.79 Å². The second kappa shape index (κ2) is 4.93. The molecule has 0 bridgehead atoms. The quantitative estimate of drug-likeness (QED) is 0.648. The van der Waals surface area contributed by atoms with E-state index in [0.717, 1.165) is 18.2 Å². The lowest BCUT2D eigenvalue weighted by Crippen LogP contribution is -2.37. The number of nitrogens with zero attached hydrogens (tertiary/aromatic N) is 1. The number of anilines is 1. The molecule has 1 amide bonds. The fourth-order valence-corrected chi connectivity index (χ4v) is 2.97. The number of halogens is 1. The van der Waals surface area contributed by atoms with Crippen LogP contribution in [-0.2, 0) is 14.6 Å². The molecule has 0 aliphatic carbocycles. The van der Waals surface area contributed by atoms with Gasteiger partial charge in [-0.15, -0.1) is 0 Å². The van der Waals surface area contributed by atoms with Crippen molar-refractivity contribution in [2.24, 2.45) is 0 Å². The number of hydrogen-bond donors (Lipinski definition) is 1. The van der Waals surface area contributed by atoms with Gasteiger partial charge in [0, 0.05) is 14.1 Å². The van der Waals surface area contributed by atoms with Crippen molar-refractivity contribution in [1.82, 2.24) is 4.90 Å². The molecule has 1 atom stereocenters. The zero-order chi connectivity index (χ0) is 14.1. The normalized spacial score (nSPS) is 13.1. The Balaban J connectivity index is 3.26. The molecule has 0 aromatic heterocycles. The van der Waals surface area contributed by atoms with Gasteiger partial charge in [0.15, 0.2) is 9.84 Å². The van der Waals surface area contributed by atoms with E-state index in [1.165, 1.54) is 25.9 Å². The zero-order valence-corrected chi connectivity index (χ0v) is 11.2. The Kier molecular flexibility index (Phi) is 3.95. The monoisotopic (exact) mass is 274 g/mol.